The SMILES string of the molecule is CN(CCc1ccccc1Br)C(C)(C)CO. The second kappa shape index (κ2) is 5.80. The van der Waals surface area contributed by atoms with Gasteiger partial charge in [-0.15, -0.1) is 0 Å². The summed E-state index contributed by atoms with van der Waals surface area (Å²) in [4.78, 5) is 2.19. The summed E-state index contributed by atoms with van der Waals surface area (Å²) in [6.45, 7) is 5.22. The number of nitrogens with zero attached hydrogens (tertiary/aromatic N) is 1. The maximum Gasteiger partial charge on any atom is 0.0609 e. The van der Waals surface area contributed by atoms with Gasteiger partial charge in [-0.3, -0.25) is 4.90 Å². The summed E-state index contributed by atoms with van der Waals surface area (Å²) in [7, 11) is 2.05. The predicted octanol–water partition coefficient (Wildman–Crippen LogP) is 2.69. The number of aliphatic hydroxyl groups is 1. The van der Waals surface area contributed by atoms with Crippen molar-refractivity contribution in [1.29, 1.82) is 0 Å². The number of hydrogen-bond acceptors (Lipinski definition) is 2. The molecule has 90 valence electrons. The lowest BCUT2D eigenvalue weighted by Crippen LogP contribution is -2.45. The Morgan fingerprint density at radius 2 is 1.94 bits per heavy atom. The summed E-state index contributed by atoms with van der Waals surface area (Å²) in [6, 6.07) is 8.27. The maximum absolute atomic E-state index is 9.27. The Kier molecular flexibility index (Phi) is 4.96. The molecule has 0 aliphatic carbocycles. The second-order valence-corrected chi connectivity index (χ2v) is 5.59. The first-order chi connectivity index (χ1) is 7.47. The van der Waals surface area contributed by atoms with Gasteiger partial charge in [0.2, 0.25) is 0 Å². The summed E-state index contributed by atoms with van der Waals surface area (Å²) >= 11 is 3.55. The van der Waals surface area contributed by atoms with Crippen LogP contribution < -0.4 is 0 Å². The van der Waals surface area contributed by atoms with E-state index in [0.29, 0.717) is 0 Å². The minimum absolute atomic E-state index is 0.152. The van der Waals surface area contributed by atoms with Crippen molar-refractivity contribution in [3.63, 3.8) is 0 Å². The number of hydrogen-bond donors (Lipinski definition) is 1. The Morgan fingerprint density at radius 3 is 2.50 bits per heavy atom. The molecule has 2 nitrogen and oxygen atoms in total. The van der Waals surface area contributed by atoms with Crippen LogP contribution in [0, 0.1) is 0 Å². The molecule has 0 unspecified atom stereocenters. The number of rotatable bonds is 5. The van der Waals surface area contributed by atoms with Gasteiger partial charge in [0.1, 0.15) is 0 Å². The van der Waals surface area contributed by atoms with Crippen LogP contribution in [0.25, 0.3) is 0 Å². The molecule has 1 rings (SSSR count). The molecular weight excluding hydrogens is 266 g/mol. The van der Waals surface area contributed by atoms with E-state index in [1.165, 1.54) is 5.56 Å². The first-order valence-electron chi connectivity index (χ1n) is 5.53. The van der Waals surface area contributed by atoms with Crippen LogP contribution in [0.15, 0.2) is 28.7 Å². The van der Waals surface area contributed by atoms with Crippen molar-refractivity contribution >= 4 is 15.9 Å². The third-order valence-corrected chi connectivity index (χ3v) is 3.87. The van der Waals surface area contributed by atoms with E-state index in [1.807, 2.05) is 27.0 Å². The molecule has 0 atom stereocenters. The Morgan fingerprint density at radius 1 is 1.31 bits per heavy atom. The Hall–Kier alpha value is -0.380. The fourth-order valence-corrected chi connectivity index (χ4v) is 1.90. The number of likely N-dealkylation sites (N-methyl/N-ethyl adjacent to an activating group) is 1. The van der Waals surface area contributed by atoms with Gasteiger partial charge in [-0.2, -0.15) is 0 Å². The Bertz CT molecular complexity index is 338. The number of aliphatic hydroxyl groups excluding tert-OH is 1. The van der Waals surface area contributed by atoms with Gasteiger partial charge in [-0.05, 0) is 38.9 Å². The maximum atomic E-state index is 9.27. The van der Waals surface area contributed by atoms with Gasteiger partial charge in [0.25, 0.3) is 0 Å². The second-order valence-electron chi connectivity index (χ2n) is 4.73. The van der Waals surface area contributed by atoms with Crippen LogP contribution in [0.2, 0.25) is 0 Å². The summed E-state index contributed by atoms with van der Waals surface area (Å²) in [6.07, 6.45) is 0.987. The van der Waals surface area contributed by atoms with Crippen molar-refractivity contribution in [1.82, 2.24) is 4.90 Å². The van der Waals surface area contributed by atoms with E-state index in [9.17, 15) is 5.11 Å². The normalized spacial score (nSPS) is 12.1. The lowest BCUT2D eigenvalue weighted by molar-refractivity contribution is 0.0800. The Labute approximate surface area is 106 Å². The predicted molar refractivity (Wildman–Crippen MR) is 71.6 cm³/mol. The molecule has 1 aromatic carbocycles. The van der Waals surface area contributed by atoms with Gasteiger partial charge in [-0.25, -0.2) is 0 Å². The van der Waals surface area contributed by atoms with Crippen molar-refractivity contribution in [2.45, 2.75) is 25.8 Å². The van der Waals surface area contributed by atoms with E-state index in [2.05, 4.69) is 39.0 Å². The zero-order chi connectivity index (χ0) is 12.2. The average molecular weight is 286 g/mol. The fourth-order valence-electron chi connectivity index (χ4n) is 1.41. The van der Waals surface area contributed by atoms with Crippen molar-refractivity contribution in [2.75, 3.05) is 20.2 Å². The first-order valence-corrected chi connectivity index (χ1v) is 6.32. The highest BCUT2D eigenvalue weighted by molar-refractivity contribution is 9.10. The third-order valence-electron chi connectivity index (χ3n) is 3.09. The fraction of sp³-hybridized carbons (Fsp3) is 0.538. The van der Waals surface area contributed by atoms with Crippen molar-refractivity contribution in [2.24, 2.45) is 0 Å². The first kappa shape index (κ1) is 13.7. The minimum Gasteiger partial charge on any atom is -0.394 e. The van der Waals surface area contributed by atoms with Gasteiger partial charge < -0.3 is 5.11 Å². The minimum atomic E-state index is -0.152. The van der Waals surface area contributed by atoms with Crippen molar-refractivity contribution < 1.29 is 5.11 Å². The summed E-state index contributed by atoms with van der Waals surface area (Å²) in [5.74, 6) is 0. The average Bonchev–Trinajstić information content (AvgIpc) is 2.27. The van der Waals surface area contributed by atoms with Crippen LogP contribution in [-0.2, 0) is 6.42 Å². The lowest BCUT2D eigenvalue weighted by Gasteiger charge is -2.33. The largest absolute Gasteiger partial charge is 0.394 e. The molecule has 0 saturated carbocycles. The van der Waals surface area contributed by atoms with E-state index in [1.54, 1.807) is 0 Å². The van der Waals surface area contributed by atoms with Crippen LogP contribution in [0.5, 0.6) is 0 Å². The van der Waals surface area contributed by atoms with Gasteiger partial charge in [0, 0.05) is 16.6 Å². The van der Waals surface area contributed by atoms with Crippen LogP contribution in [0.3, 0.4) is 0 Å². The topological polar surface area (TPSA) is 23.5 Å². The molecule has 3 heteroatoms. The van der Waals surface area contributed by atoms with Crippen molar-refractivity contribution in [3.05, 3.63) is 34.3 Å². The van der Waals surface area contributed by atoms with Crippen LogP contribution in [0.1, 0.15) is 19.4 Å². The lowest BCUT2D eigenvalue weighted by atomic mass is 10.0. The molecule has 0 heterocycles. The zero-order valence-corrected chi connectivity index (χ0v) is 11.8. The highest BCUT2D eigenvalue weighted by Gasteiger charge is 2.21. The molecule has 0 aromatic heterocycles. The standard InChI is InChI=1S/C13H20BrNO/c1-13(2,10-16)15(3)9-8-11-6-4-5-7-12(11)14/h4-7,16H,8-10H2,1-3H3. The molecule has 0 saturated heterocycles. The summed E-state index contributed by atoms with van der Waals surface area (Å²) < 4.78 is 1.16. The molecule has 1 N–H and O–H groups in total. The molecule has 1 aromatic rings. The van der Waals surface area contributed by atoms with Gasteiger partial charge >= 0.3 is 0 Å². The number of benzene rings is 1. The molecule has 0 bridgehead atoms. The molecule has 0 spiro atoms. The molecule has 0 aliphatic heterocycles. The van der Waals surface area contributed by atoms with Crippen molar-refractivity contribution in [3.8, 4) is 0 Å². The van der Waals surface area contributed by atoms with Gasteiger partial charge in [0.05, 0.1) is 6.61 Å². The van der Waals surface area contributed by atoms with E-state index >= 15 is 0 Å². The summed E-state index contributed by atoms with van der Waals surface area (Å²) in [5, 5.41) is 9.27. The zero-order valence-electron chi connectivity index (χ0n) is 10.2. The summed E-state index contributed by atoms with van der Waals surface area (Å²) in [5.41, 5.74) is 1.16. The number of halogens is 1. The van der Waals surface area contributed by atoms with E-state index in [4.69, 9.17) is 0 Å². The van der Waals surface area contributed by atoms with E-state index in [0.717, 1.165) is 17.4 Å². The van der Waals surface area contributed by atoms with Crippen LogP contribution in [0.4, 0.5) is 0 Å². The molecule has 16 heavy (non-hydrogen) atoms. The highest BCUT2D eigenvalue weighted by Crippen LogP contribution is 2.18. The van der Waals surface area contributed by atoms with E-state index in [-0.39, 0.29) is 12.1 Å². The van der Waals surface area contributed by atoms with Gasteiger partial charge in [0.15, 0.2) is 0 Å². The van der Waals surface area contributed by atoms with Gasteiger partial charge in [-0.1, -0.05) is 34.1 Å². The van der Waals surface area contributed by atoms with Crippen LogP contribution in [-0.4, -0.2) is 35.7 Å². The third kappa shape index (κ3) is 3.58. The smallest absolute Gasteiger partial charge is 0.0609 e. The Balaban J connectivity index is 2.56. The van der Waals surface area contributed by atoms with E-state index < -0.39 is 0 Å². The molecule has 0 fully saturated rings. The van der Waals surface area contributed by atoms with Crippen LogP contribution >= 0.6 is 15.9 Å². The monoisotopic (exact) mass is 285 g/mol. The molecule has 0 radical (unpaired) electrons. The molecule has 0 amide bonds. The quantitative estimate of drug-likeness (QED) is 0.899. The highest BCUT2D eigenvalue weighted by atomic mass is 79.9. The molecule has 0 aliphatic rings. The molecular formula is C13H20BrNO.